The molecule has 34 heavy (non-hydrogen) atoms. The monoisotopic (exact) mass is 472 g/mol. The summed E-state index contributed by atoms with van der Waals surface area (Å²) in [4.78, 5) is 4.54. The fourth-order valence-electron chi connectivity index (χ4n) is 6.03. The van der Waals surface area contributed by atoms with Crippen LogP contribution in [0, 0.1) is 11.2 Å². The van der Waals surface area contributed by atoms with Gasteiger partial charge in [-0.2, -0.15) is 0 Å². The highest BCUT2D eigenvalue weighted by atomic mass is 19.1. The van der Waals surface area contributed by atoms with E-state index < -0.39 is 0 Å². The van der Waals surface area contributed by atoms with Crippen molar-refractivity contribution in [2.45, 2.75) is 56.6 Å². The number of hydrogen-bond acceptors (Lipinski definition) is 8. The maximum Gasteiger partial charge on any atom is 0.319 e. The van der Waals surface area contributed by atoms with Gasteiger partial charge in [0.1, 0.15) is 24.4 Å². The van der Waals surface area contributed by atoms with Gasteiger partial charge in [0.15, 0.2) is 0 Å². The number of halogens is 1. The Hall–Kier alpha value is -2.23. The van der Waals surface area contributed by atoms with Gasteiger partial charge in [-0.15, -0.1) is 5.10 Å². The first-order valence-corrected chi connectivity index (χ1v) is 12.5. The van der Waals surface area contributed by atoms with E-state index >= 15 is 0 Å². The van der Waals surface area contributed by atoms with Crippen molar-refractivity contribution in [3.8, 4) is 5.75 Å². The average Bonchev–Trinajstić information content (AvgIpc) is 3.30. The van der Waals surface area contributed by atoms with Gasteiger partial charge < -0.3 is 23.5 Å². The Morgan fingerprint density at radius 1 is 1.06 bits per heavy atom. The van der Waals surface area contributed by atoms with Crippen molar-refractivity contribution in [1.82, 2.24) is 15.1 Å². The van der Waals surface area contributed by atoms with Gasteiger partial charge in [0.05, 0.1) is 19.8 Å². The Balaban J connectivity index is 1.03. The maximum absolute atomic E-state index is 14.2. The fourth-order valence-corrected chi connectivity index (χ4v) is 6.03. The van der Waals surface area contributed by atoms with Crippen molar-refractivity contribution >= 4 is 6.01 Å². The van der Waals surface area contributed by atoms with Gasteiger partial charge in [-0.1, -0.05) is 5.10 Å². The molecule has 184 valence electrons. The van der Waals surface area contributed by atoms with Crippen molar-refractivity contribution in [2.75, 3.05) is 51.1 Å². The van der Waals surface area contributed by atoms with Gasteiger partial charge >= 0.3 is 6.01 Å². The molecule has 1 aromatic heterocycles. The lowest BCUT2D eigenvalue weighted by atomic mass is 9.65. The molecule has 3 aliphatic heterocycles. The minimum atomic E-state index is -0.179. The molecule has 4 aliphatic rings. The molecule has 0 bridgehead atoms. The Kier molecular flexibility index (Phi) is 6.17. The molecule has 0 N–H and O–H groups in total. The number of benzene rings is 1. The van der Waals surface area contributed by atoms with Crippen molar-refractivity contribution in [3.63, 3.8) is 0 Å². The summed E-state index contributed by atoms with van der Waals surface area (Å²) in [6.07, 6.45) is 7.80. The third-order valence-corrected chi connectivity index (χ3v) is 8.03. The molecule has 1 spiro atoms. The third kappa shape index (κ3) is 4.53. The topological polar surface area (TPSA) is 73.1 Å². The predicted molar refractivity (Wildman–Crippen MR) is 122 cm³/mol. The summed E-state index contributed by atoms with van der Waals surface area (Å²) < 4.78 is 37.2. The van der Waals surface area contributed by atoms with Crippen molar-refractivity contribution < 1.29 is 23.0 Å². The molecule has 1 aromatic carbocycles. The molecular weight excluding hydrogens is 439 g/mol. The van der Waals surface area contributed by atoms with E-state index in [0.717, 1.165) is 82.7 Å². The van der Waals surface area contributed by atoms with Crippen LogP contribution in [0.5, 0.6) is 5.75 Å². The van der Waals surface area contributed by atoms with E-state index in [1.54, 1.807) is 6.07 Å². The molecule has 9 heteroatoms. The molecule has 4 heterocycles. The second kappa shape index (κ2) is 9.43. The molecule has 6 rings (SSSR count). The van der Waals surface area contributed by atoms with Crippen LogP contribution in [-0.2, 0) is 9.47 Å². The summed E-state index contributed by atoms with van der Waals surface area (Å²) in [6.45, 7) is 5.71. The number of piperidine rings is 1. The van der Waals surface area contributed by atoms with Crippen LogP contribution >= 0.6 is 0 Å². The molecule has 0 radical (unpaired) electrons. The predicted octanol–water partition coefficient (Wildman–Crippen LogP) is 3.59. The van der Waals surface area contributed by atoms with Crippen molar-refractivity contribution in [1.29, 1.82) is 0 Å². The number of rotatable bonds is 5. The number of nitrogens with zero attached hydrogens (tertiary/aromatic N) is 4. The number of ether oxygens (including phenoxy) is 3. The highest BCUT2D eigenvalue weighted by molar-refractivity contribution is 5.38. The second-order valence-corrected chi connectivity index (χ2v) is 10.4. The lowest BCUT2D eigenvalue weighted by molar-refractivity contribution is -0.191. The highest BCUT2D eigenvalue weighted by Crippen LogP contribution is 2.49. The largest absolute Gasteiger partial charge is 0.490 e. The number of hydrogen-bond donors (Lipinski definition) is 0. The van der Waals surface area contributed by atoms with Crippen LogP contribution in [0.3, 0.4) is 0 Å². The first-order chi connectivity index (χ1) is 16.7. The summed E-state index contributed by atoms with van der Waals surface area (Å²) in [7, 11) is 0. The van der Waals surface area contributed by atoms with E-state index in [0.29, 0.717) is 36.7 Å². The van der Waals surface area contributed by atoms with Crippen LogP contribution in [0.15, 0.2) is 29.0 Å². The summed E-state index contributed by atoms with van der Waals surface area (Å²) in [5.74, 6) is 1.02. The van der Waals surface area contributed by atoms with Gasteiger partial charge in [0.2, 0.25) is 6.39 Å². The molecule has 2 aromatic rings. The standard InChI is InChI=1S/C25H33FN4O4/c26-19-3-4-23(34-21-11-25(12-21)14-32-15-25)22(10-19)18-5-8-29(9-6-18)20-2-1-7-30(17-31-13-20)24-28-27-16-33-24/h3-4,10,16,18,20-21H,1-2,5-9,11-15,17H2/t20-/m1/s1. The van der Waals surface area contributed by atoms with E-state index in [4.69, 9.17) is 18.6 Å². The Labute approximate surface area is 199 Å². The zero-order valence-corrected chi connectivity index (χ0v) is 19.5. The minimum absolute atomic E-state index is 0.179. The maximum atomic E-state index is 14.2. The van der Waals surface area contributed by atoms with Gasteiger partial charge in [-0.25, -0.2) is 4.39 Å². The second-order valence-electron chi connectivity index (χ2n) is 10.4. The van der Waals surface area contributed by atoms with Crippen LogP contribution in [0.4, 0.5) is 10.4 Å². The lowest BCUT2D eigenvalue weighted by Crippen LogP contribution is -2.56. The van der Waals surface area contributed by atoms with Crippen molar-refractivity contribution in [3.05, 3.63) is 36.0 Å². The van der Waals surface area contributed by atoms with Gasteiger partial charge in [0, 0.05) is 23.6 Å². The molecule has 1 atom stereocenters. The van der Waals surface area contributed by atoms with Gasteiger partial charge in [-0.3, -0.25) is 4.90 Å². The summed E-state index contributed by atoms with van der Waals surface area (Å²) >= 11 is 0. The number of likely N-dealkylation sites (tertiary alicyclic amines) is 1. The zero-order chi connectivity index (χ0) is 23.0. The van der Waals surface area contributed by atoms with E-state index in [1.165, 1.54) is 12.5 Å². The average molecular weight is 473 g/mol. The lowest BCUT2D eigenvalue weighted by Gasteiger charge is -2.52. The quantitative estimate of drug-likeness (QED) is 0.654. The van der Waals surface area contributed by atoms with E-state index in [9.17, 15) is 4.39 Å². The first-order valence-electron chi connectivity index (χ1n) is 12.5. The molecule has 0 amide bonds. The summed E-state index contributed by atoms with van der Waals surface area (Å²) in [5, 5.41) is 7.75. The van der Waals surface area contributed by atoms with E-state index in [-0.39, 0.29) is 11.9 Å². The van der Waals surface area contributed by atoms with Crippen LogP contribution in [-0.4, -0.2) is 73.4 Å². The van der Waals surface area contributed by atoms with Crippen LogP contribution < -0.4 is 9.64 Å². The van der Waals surface area contributed by atoms with Gasteiger partial charge in [-0.05, 0) is 75.7 Å². The molecule has 8 nitrogen and oxygen atoms in total. The molecular formula is C25H33FN4O4. The summed E-state index contributed by atoms with van der Waals surface area (Å²) in [5.41, 5.74) is 1.40. The van der Waals surface area contributed by atoms with Gasteiger partial charge in [0.25, 0.3) is 0 Å². The van der Waals surface area contributed by atoms with Crippen LogP contribution in [0.25, 0.3) is 0 Å². The molecule has 3 saturated heterocycles. The van der Waals surface area contributed by atoms with Crippen LogP contribution in [0.2, 0.25) is 0 Å². The minimum Gasteiger partial charge on any atom is -0.490 e. The summed E-state index contributed by atoms with van der Waals surface area (Å²) in [6, 6.07) is 5.98. The zero-order valence-electron chi connectivity index (χ0n) is 19.5. The van der Waals surface area contributed by atoms with Crippen LogP contribution in [0.1, 0.15) is 50.0 Å². The molecule has 1 aliphatic carbocycles. The SMILES string of the molecule is Fc1ccc(OC2CC3(COC3)C2)c(C2CCN([C@@H]3CCCN(c4nnco4)COC3)CC2)c1. The Morgan fingerprint density at radius 3 is 2.65 bits per heavy atom. The van der Waals surface area contributed by atoms with E-state index in [1.807, 2.05) is 11.0 Å². The molecule has 4 fully saturated rings. The normalized spacial score (nSPS) is 26.5. The van der Waals surface area contributed by atoms with E-state index in [2.05, 4.69) is 15.1 Å². The van der Waals surface area contributed by atoms with Crippen molar-refractivity contribution in [2.24, 2.45) is 5.41 Å². The third-order valence-electron chi connectivity index (χ3n) is 8.03. The molecule has 1 saturated carbocycles. The number of anilines is 1. The Morgan fingerprint density at radius 2 is 1.91 bits per heavy atom. The Bertz CT molecular complexity index is 944. The highest BCUT2D eigenvalue weighted by Gasteiger charge is 2.51. The number of aromatic nitrogens is 2. The molecule has 0 unspecified atom stereocenters. The fraction of sp³-hybridized carbons (Fsp3) is 0.680. The first kappa shape index (κ1) is 22.2. The smallest absolute Gasteiger partial charge is 0.319 e.